The molecular weight excluding hydrogens is 286 g/mol. The van der Waals surface area contributed by atoms with E-state index in [1.165, 1.54) is 0 Å². The molecule has 1 aliphatic heterocycles. The van der Waals surface area contributed by atoms with Crippen molar-refractivity contribution in [2.24, 2.45) is 11.7 Å². The Bertz CT molecular complexity index is 696. The van der Waals surface area contributed by atoms with Crippen LogP contribution in [0.5, 0.6) is 11.5 Å². The van der Waals surface area contributed by atoms with Crippen LogP contribution >= 0.6 is 12.2 Å². The molecule has 1 atom stereocenters. The van der Waals surface area contributed by atoms with Gasteiger partial charge in [-0.1, -0.05) is 26.1 Å². The summed E-state index contributed by atoms with van der Waals surface area (Å²) in [5, 5.41) is 0. The number of nitrogens with zero attached hydrogens (tertiary/aromatic N) is 2. The highest BCUT2D eigenvalue weighted by Crippen LogP contribution is 2.36. The van der Waals surface area contributed by atoms with Gasteiger partial charge in [-0.3, -0.25) is 0 Å². The number of aromatic nitrogens is 2. The predicted molar refractivity (Wildman–Crippen MR) is 85.8 cm³/mol. The maximum absolute atomic E-state index is 5.76. The van der Waals surface area contributed by atoms with Gasteiger partial charge in [-0.05, 0) is 6.42 Å². The van der Waals surface area contributed by atoms with Gasteiger partial charge in [0, 0.05) is 31.0 Å². The minimum absolute atomic E-state index is 0.124. The van der Waals surface area contributed by atoms with Crippen molar-refractivity contribution < 1.29 is 9.47 Å². The largest absolute Gasteiger partial charge is 0.454 e. The lowest BCUT2D eigenvalue weighted by molar-refractivity contribution is 0.174. The summed E-state index contributed by atoms with van der Waals surface area (Å²) < 4.78 is 13.1. The van der Waals surface area contributed by atoms with E-state index in [2.05, 4.69) is 11.5 Å². The third-order valence-corrected chi connectivity index (χ3v) is 4.14. The molecule has 2 N–H and O–H groups in total. The second-order valence-corrected chi connectivity index (χ2v) is 5.86. The van der Waals surface area contributed by atoms with Crippen LogP contribution in [0.3, 0.4) is 0 Å². The van der Waals surface area contributed by atoms with E-state index >= 15 is 0 Å². The average Bonchev–Trinajstić information content (AvgIpc) is 3.01. The van der Waals surface area contributed by atoms with E-state index in [1.807, 2.05) is 19.1 Å². The molecule has 2 heterocycles. The molecule has 6 heteroatoms. The SMILES string of the molecule is CCCc1nc2cc3c(cc2n1CC(C)C(N)=S)OCO3. The van der Waals surface area contributed by atoms with Crippen LogP contribution in [0.4, 0.5) is 0 Å². The lowest BCUT2D eigenvalue weighted by atomic mass is 10.1. The number of hydrogen-bond donors (Lipinski definition) is 1. The Morgan fingerprint density at radius 3 is 2.81 bits per heavy atom. The predicted octanol–water partition coefficient (Wildman–Crippen LogP) is 2.64. The van der Waals surface area contributed by atoms with E-state index in [0.29, 0.717) is 4.99 Å². The Balaban J connectivity index is 2.09. The van der Waals surface area contributed by atoms with E-state index < -0.39 is 0 Å². The molecule has 1 unspecified atom stereocenters. The first kappa shape index (κ1) is 14.1. The molecule has 0 radical (unpaired) electrons. The number of hydrogen-bond acceptors (Lipinski definition) is 4. The van der Waals surface area contributed by atoms with Crippen molar-refractivity contribution in [2.45, 2.75) is 33.2 Å². The van der Waals surface area contributed by atoms with Crippen LogP contribution in [0.2, 0.25) is 0 Å². The van der Waals surface area contributed by atoms with Crippen LogP contribution in [0.25, 0.3) is 11.0 Å². The minimum atomic E-state index is 0.124. The monoisotopic (exact) mass is 305 g/mol. The van der Waals surface area contributed by atoms with Gasteiger partial charge in [-0.15, -0.1) is 0 Å². The summed E-state index contributed by atoms with van der Waals surface area (Å²) in [5.74, 6) is 2.71. The number of rotatable bonds is 5. The summed E-state index contributed by atoms with van der Waals surface area (Å²) in [7, 11) is 0. The summed E-state index contributed by atoms with van der Waals surface area (Å²) in [6.07, 6.45) is 1.96. The first-order valence-corrected chi connectivity index (χ1v) is 7.59. The van der Waals surface area contributed by atoms with Crippen LogP contribution < -0.4 is 15.2 Å². The fourth-order valence-electron chi connectivity index (χ4n) is 2.55. The Morgan fingerprint density at radius 2 is 2.14 bits per heavy atom. The van der Waals surface area contributed by atoms with E-state index in [1.54, 1.807) is 0 Å². The molecule has 21 heavy (non-hydrogen) atoms. The Kier molecular flexibility index (Phi) is 3.71. The van der Waals surface area contributed by atoms with Crippen molar-refractivity contribution in [2.75, 3.05) is 6.79 Å². The van der Waals surface area contributed by atoms with Crippen molar-refractivity contribution in [3.8, 4) is 11.5 Å². The van der Waals surface area contributed by atoms with Crippen molar-refractivity contribution in [3.05, 3.63) is 18.0 Å². The Labute approximate surface area is 129 Å². The van der Waals surface area contributed by atoms with Gasteiger partial charge in [0.1, 0.15) is 5.82 Å². The van der Waals surface area contributed by atoms with Gasteiger partial charge in [0.05, 0.1) is 16.0 Å². The van der Waals surface area contributed by atoms with Crippen molar-refractivity contribution in [1.29, 1.82) is 0 Å². The molecule has 0 bridgehead atoms. The highest BCUT2D eigenvalue weighted by Gasteiger charge is 2.20. The molecular formula is C15H19N3O2S. The molecule has 5 nitrogen and oxygen atoms in total. The zero-order valence-corrected chi connectivity index (χ0v) is 13.1. The second kappa shape index (κ2) is 5.52. The van der Waals surface area contributed by atoms with Crippen molar-refractivity contribution in [1.82, 2.24) is 9.55 Å². The fraction of sp³-hybridized carbons (Fsp3) is 0.467. The van der Waals surface area contributed by atoms with Gasteiger partial charge in [-0.2, -0.15) is 0 Å². The first-order valence-electron chi connectivity index (χ1n) is 7.18. The number of nitrogens with two attached hydrogens (primary N) is 1. The maximum atomic E-state index is 5.76. The zero-order valence-electron chi connectivity index (χ0n) is 12.3. The van der Waals surface area contributed by atoms with Crippen molar-refractivity contribution in [3.63, 3.8) is 0 Å². The topological polar surface area (TPSA) is 62.3 Å². The number of ether oxygens (including phenoxy) is 2. The Morgan fingerprint density at radius 1 is 1.43 bits per heavy atom. The summed E-state index contributed by atoms with van der Waals surface area (Å²) in [6.45, 7) is 5.19. The molecule has 3 rings (SSSR count). The fourth-order valence-corrected chi connectivity index (χ4v) is 2.62. The quantitative estimate of drug-likeness (QED) is 0.860. The van der Waals surface area contributed by atoms with Crippen LogP contribution in [-0.4, -0.2) is 21.3 Å². The molecule has 0 saturated heterocycles. The van der Waals surface area contributed by atoms with Crippen LogP contribution in [0.1, 0.15) is 26.1 Å². The standard InChI is InChI=1S/C15H19N3O2S/c1-3-4-14-17-10-5-12-13(20-8-19-12)6-11(10)18(14)7-9(2)15(16)21/h5-6,9H,3-4,7-8H2,1-2H3,(H2,16,21). The molecule has 0 aliphatic carbocycles. The van der Waals surface area contributed by atoms with Gasteiger partial charge in [0.25, 0.3) is 0 Å². The molecule has 1 aromatic heterocycles. The number of imidazole rings is 1. The molecule has 0 fully saturated rings. The molecule has 1 aromatic carbocycles. The van der Waals surface area contributed by atoms with Gasteiger partial charge in [-0.25, -0.2) is 4.98 Å². The summed E-state index contributed by atoms with van der Waals surface area (Å²) in [5.41, 5.74) is 7.74. The number of thiocarbonyl (C=S) groups is 1. The van der Waals surface area contributed by atoms with E-state index in [-0.39, 0.29) is 12.7 Å². The summed E-state index contributed by atoms with van der Waals surface area (Å²) in [6, 6.07) is 3.94. The van der Waals surface area contributed by atoms with Crippen LogP contribution in [0.15, 0.2) is 12.1 Å². The third kappa shape index (κ3) is 2.55. The number of aryl methyl sites for hydroxylation is 1. The number of fused-ring (bicyclic) bond motifs is 2. The second-order valence-electron chi connectivity index (χ2n) is 5.39. The van der Waals surface area contributed by atoms with E-state index in [4.69, 9.17) is 32.4 Å². The van der Waals surface area contributed by atoms with Gasteiger partial charge in [0.2, 0.25) is 6.79 Å². The maximum Gasteiger partial charge on any atom is 0.231 e. The lowest BCUT2D eigenvalue weighted by Gasteiger charge is -2.14. The highest BCUT2D eigenvalue weighted by atomic mass is 32.1. The van der Waals surface area contributed by atoms with E-state index in [9.17, 15) is 0 Å². The minimum Gasteiger partial charge on any atom is -0.454 e. The van der Waals surface area contributed by atoms with E-state index in [0.717, 1.165) is 47.7 Å². The molecule has 112 valence electrons. The van der Waals surface area contributed by atoms with Gasteiger partial charge < -0.3 is 19.8 Å². The Hall–Kier alpha value is -1.82. The zero-order chi connectivity index (χ0) is 15.0. The molecule has 0 saturated carbocycles. The summed E-state index contributed by atoms with van der Waals surface area (Å²) >= 11 is 5.10. The van der Waals surface area contributed by atoms with Crippen LogP contribution in [0, 0.1) is 5.92 Å². The lowest BCUT2D eigenvalue weighted by Crippen LogP contribution is -2.23. The normalized spacial score (nSPS) is 14.6. The average molecular weight is 305 g/mol. The summed E-state index contributed by atoms with van der Waals surface area (Å²) in [4.78, 5) is 5.26. The van der Waals surface area contributed by atoms with Crippen LogP contribution in [-0.2, 0) is 13.0 Å². The first-order chi connectivity index (χ1) is 10.1. The van der Waals surface area contributed by atoms with Gasteiger partial charge in [0.15, 0.2) is 11.5 Å². The number of benzene rings is 1. The molecule has 0 amide bonds. The molecule has 2 aromatic rings. The molecule has 1 aliphatic rings. The highest BCUT2D eigenvalue weighted by molar-refractivity contribution is 7.80. The third-order valence-electron chi connectivity index (χ3n) is 3.74. The van der Waals surface area contributed by atoms with Gasteiger partial charge >= 0.3 is 0 Å². The smallest absolute Gasteiger partial charge is 0.231 e. The molecule has 0 spiro atoms. The van der Waals surface area contributed by atoms with Crippen molar-refractivity contribution >= 4 is 28.2 Å².